The number of carbonyl (C=O) groups excluding carboxylic acids is 1. The molecule has 1 fully saturated rings. The molecular weight excluding hydrogens is 392 g/mol. The molecule has 0 aromatic heterocycles. The lowest BCUT2D eigenvalue weighted by atomic mass is 10.1. The monoisotopic (exact) mass is 442 g/mol. The van der Waals surface area contributed by atoms with Gasteiger partial charge in [0, 0.05) is 26.1 Å². The molecule has 5 heteroatoms. The molecule has 2 N–H and O–H groups in total. The molecule has 0 bridgehead atoms. The highest BCUT2D eigenvalue weighted by Gasteiger charge is 2.31. The minimum atomic E-state index is -0.581. The first-order chi connectivity index (χ1) is 14.1. The van der Waals surface area contributed by atoms with Crippen LogP contribution in [0.2, 0.25) is 0 Å². The van der Waals surface area contributed by atoms with E-state index in [4.69, 9.17) is 19.7 Å². The van der Waals surface area contributed by atoms with Gasteiger partial charge in [0.15, 0.2) is 0 Å². The second-order valence-electron chi connectivity index (χ2n) is 6.69. The average Bonchev–Trinajstić information content (AvgIpc) is 2.71. The normalized spacial score (nSPS) is 13.0. The molecule has 5 nitrogen and oxygen atoms in total. The minimum Gasteiger partial charge on any atom is -0.396 e. The van der Waals surface area contributed by atoms with Gasteiger partial charge in [-0.2, -0.15) is 0 Å². The van der Waals surface area contributed by atoms with Crippen LogP contribution in [-0.4, -0.2) is 48.2 Å². The van der Waals surface area contributed by atoms with Crippen LogP contribution in [-0.2, 0) is 14.3 Å². The molecule has 0 amide bonds. The van der Waals surface area contributed by atoms with Crippen LogP contribution in [0.3, 0.4) is 0 Å². The van der Waals surface area contributed by atoms with Crippen LogP contribution in [0.5, 0.6) is 0 Å². The fraction of sp³-hybridized carbons (Fsp3) is 0.808. The zero-order chi connectivity index (χ0) is 22.2. The van der Waals surface area contributed by atoms with Gasteiger partial charge < -0.3 is 19.7 Å². The first-order valence-corrected chi connectivity index (χ1v) is 10.9. The third-order valence-electron chi connectivity index (χ3n) is 3.97. The first-order valence-electron chi connectivity index (χ1n) is 10.9. The number of unbranched alkanes of at least 4 members (excludes halogenated alkanes) is 4. The van der Waals surface area contributed by atoms with E-state index in [2.05, 4.69) is 37.5 Å². The van der Waals surface area contributed by atoms with Gasteiger partial charge >= 0.3 is 0 Å². The zero-order valence-corrected chi connectivity index (χ0v) is 19.0. The summed E-state index contributed by atoms with van der Waals surface area (Å²) in [6.45, 7) is 9.59. The SMILES string of the molecule is C.C.CC#CC(=O)CCCCC.CC#CC1(CCCCC)OCCCO1.OCCCO. The van der Waals surface area contributed by atoms with Gasteiger partial charge in [-0.1, -0.05) is 60.3 Å². The smallest absolute Gasteiger partial charge is 0.233 e. The lowest BCUT2D eigenvalue weighted by Crippen LogP contribution is -2.39. The van der Waals surface area contributed by atoms with E-state index in [1.54, 1.807) is 6.92 Å². The summed E-state index contributed by atoms with van der Waals surface area (Å²) >= 11 is 0. The van der Waals surface area contributed by atoms with Crippen molar-refractivity contribution >= 4 is 5.78 Å². The Kier molecular flexibility index (Phi) is 34.1. The number of rotatable bonds is 10. The molecule has 1 heterocycles. The Morgan fingerprint density at radius 1 is 0.871 bits per heavy atom. The molecule has 0 aromatic carbocycles. The predicted octanol–water partition coefficient (Wildman–Crippen LogP) is 5.52. The average molecular weight is 443 g/mol. The Bertz CT molecular complexity index is 485. The molecule has 1 aliphatic rings. The topological polar surface area (TPSA) is 76.0 Å². The summed E-state index contributed by atoms with van der Waals surface area (Å²) in [6, 6.07) is 0. The summed E-state index contributed by atoms with van der Waals surface area (Å²) in [7, 11) is 0. The molecule has 1 rings (SSSR count). The van der Waals surface area contributed by atoms with E-state index in [1.807, 2.05) is 6.92 Å². The van der Waals surface area contributed by atoms with Crippen molar-refractivity contribution in [2.75, 3.05) is 26.4 Å². The predicted molar refractivity (Wildman–Crippen MR) is 132 cm³/mol. The van der Waals surface area contributed by atoms with E-state index >= 15 is 0 Å². The number of hydrogen-bond acceptors (Lipinski definition) is 5. The van der Waals surface area contributed by atoms with E-state index in [0.29, 0.717) is 12.8 Å². The highest BCUT2D eigenvalue weighted by atomic mass is 16.7. The summed E-state index contributed by atoms with van der Waals surface area (Å²) in [5.41, 5.74) is 0. The third kappa shape index (κ3) is 24.8. The van der Waals surface area contributed by atoms with Crippen molar-refractivity contribution in [1.29, 1.82) is 0 Å². The number of hydrogen-bond donors (Lipinski definition) is 2. The number of carbonyl (C=O) groups is 1. The summed E-state index contributed by atoms with van der Waals surface area (Å²) in [6.07, 6.45) is 9.88. The first kappa shape index (κ1) is 37.0. The van der Waals surface area contributed by atoms with Crippen molar-refractivity contribution in [3.05, 3.63) is 0 Å². The van der Waals surface area contributed by atoms with Gasteiger partial charge in [-0.05, 0) is 51.4 Å². The van der Waals surface area contributed by atoms with Crippen molar-refractivity contribution in [3.8, 4) is 23.7 Å². The quantitative estimate of drug-likeness (QED) is 0.265. The van der Waals surface area contributed by atoms with E-state index < -0.39 is 5.79 Å². The Morgan fingerprint density at radius 3 is 1.84 bits per heavy atom. The molecule has 1 aliphatic heterocycles. The van der Waals surface area contributed by atoms with Gasteiger partial charge in [0.2, 0.25) is 11.6 Å². The molecule has 0 spiro atoms. The fourth-order valence-corrected chi connectivity index (χ4v) is 2.46. The maximum absolute atomic E-state index is 10.7. The van der Waals surface area contributed by atoms with E-state index in [0.717, 1.165) is 51.7 Å². The molecule has 0 saturated carbocycles. The van der Waals surface area contributed by atoms with Crippen LogP contribution in [0.15, 0.2) is 0 Å². The molecule has 184 valence electrons. The fourth-order valence-electron chi connectivity index (χ4n) is 2.46. The molecule has 31 heavy (non-hydrogen) atoms. The summed E-state index contributed by atoms with van der Waals surface area (Å²) < 4.78 is 11.3. The van der Waals surface area contributed by atoms with E-state index in [9.17, 15) is 4.79 Å². The largest absolute Gasteiger partial charge is 0.396 e. The molecule has 0 atom stereocenters. The second kappa shape index (κ2) is 28.6. The third-order valence-corrected chi connectivity index (χ3v) is 3.97. The van der Waals surface area contributed by atoms with E-state index in [1.165, 1.54) is 12.8 Å². The molecule has 0 radical (unpaired) electrons. The van der Waals surface area contributed by atoms with Crippen molar-refractivity contribution in [3.63, 3.8) is 0 Å². The Labute approximate surface area is 193 Å². The van der Waals surface area contributed by atoms with Crippen molar-refractivity contribution in [2.24, 2.45) is 0 Å². The standard InChI is InChI=1S/C12H20O2.C9H14O.C3H8O2.2CH4/c1-3-5-6-9-12(8-4-2)13-10-7-11-14-12;1-3-5-6-8-9(10)7-4-2;4-2-1-3-5;;/h3,5-7,9-11H2,1-2H3;3,5-6,8H2,1-2H3;4-5H,1-3H2;2*1H4. The highest BCUT2D eigenvalue weighted by Crippen LogP contribution is 2.24. The Morgan fingerprint density at radius 2 is 1.42 bits per heavy atom. The number of ketones is 1. The Balaban J connectivity index is -0.000000190. The van der Waals surface area contributed by atoms with Crippen LogP contribution in [0.25, 0.3) is 0 Å². The number of aliphatic hydroxyl groups is 2. The maximum atomic E-state index is 10.7. The molecule has 1 saturated heterocycles. The van der Waals surface area contributed by atoms with Gasteiger partial charge in [0.05, 0.1) is 13.2 Å². The van der Waals surface area contributed by atoms with Crippen molar-refractivity contribution in [1.82, 2.24) is 0 Å². The number of Topliss-reactive ketones (excluding diaryl/α,β-unsaturated/α-hetero) is 1. The van der Waals surface area contributed by atoms with Gasteiger partial charge in [-0.3, -0.25) is 4.79 Å². The number of ether oxygens (including phenoxy) is 2. The van der Waals surface area contributed by atoms with E-state index in [-0.39, 0.29) is 33.9 Å². The highest BCUT2D eigenvalue weighted by molar-refractivity contribution is 5.95. The van der Waals surface area contributed by atoms with Gasteiger partial charge in [-0.15, -0.1) is 5.92 Å². The number of aliphatic hydroxyl groups excluding tert-OH is 2. The minimum absolute atomic E-state index is 0. The summed E-state index contributed by atoms with van der Waals surface area (Å²) in [5, 5.41) is 15.8. The van der Waals surface area contributed by atoms with Gasteiger partial charge in [-0.25, -0.2) is 0 Å². The van der Waals surface area contributed by atoms with Crippen molar-refractivity contribution < 1.29 is 24.5 Å². The molecular formula is C26H50O5. The Hall–Kier alpha value is -1.37. The lowest BCUT2D eigenvalue weighted by molar-refractivity contribution is -0.233. The van der Waals surface area contributed by atoms with Gasteiger partial charge in [0.1, 0.15) is 0 Å². The van der Waals surface area contributed by atoms with Crippen LogP contribution in [0.1, 0.15) is 107 Å². The zero-order valence-electron chi connectivity index (χ0n) is 19.0. The molecule has 0 aliphatic carbocycles. The second-order valence-corrected chi connectivity index (χ2v) is 6.69. The van der Waals surface area contributed by atoms with Crippen LogP contribution in [0, 0.1) is 23.7 Å². The van der Waals surface area contributed by atoms with Gasteiger partial charge in [0.25, 0.3) is 0 Å². The van der Waals surface area contributed by atoms with Crippen LogP contribution >= 0.6 is 0 Å². The molecule has 0 aromatic rings. The molecule has 0 unspecified atom stereocenters. The van der Waals surface area contributed by atoms with Crippen LogP contribution < -0.4 is 0 Å². The summed E-state index contributed by atoms with van der Waals surface area (Å²) in [5.74, 6) is 10.6. The maximum Gasteiger partial charge on any atom is 0.233 e. The lowest BCUT2D eigenvalue weighted by Gasteiger charge is -2.32. The summed E-state index contributed by atoms with van der Waals surface area (Å²) in [4.78, 5) is 10.7. The van der Waals surface area contributed by atoms with Crippen LogP contribution in [0.4, 0.5) is 0 Å². The van der Waals surface area contributed by atoms with Crippen molar-refractivity contribution in [2.45, 2.75) is 113 Å².